The molecule has 1 heterocycles. The Kier molecular flexibility index (Phi) is 5.77. The van der Waals surface area contributed by atoms with Crippen molar-refractivity contribution >= 4 is 21.8 Å². The standard InChI is InChI=1S/C16H17BrN2O3/c1-19(9-10-22-14-6-4-13(17)5-7-14)16(20)12-3-8-15(21-2)18-11-12/h3-8,11H,9-10H2,1-2H3. The maximum absolute atomic E-state index is 12.2. The molecule has 1 aromatic carbocycles. The number of aromatic nitrogens is 1. The zero-order chi connectivity index (χ0) is 15.9. The van der Waals surface area contributed by atoms with Gasteiger partial charge in [-0.1, -0.05) is 15.9 Å². The largest absolute Gasteiger partial charge is 0.492 e. The first kappa shape index (κ1) is 16.3. The second-order valence-corrected chi connectivity index (χ2v) is 5.53. The third-order valence-electron chi connectivity index (χ3n) is 3.05. The van der Waals surface area contributed by atoms with Crippen LogP contribution in [0.5, 0.6) is 11.6 Å². The number of nitrogens with zero attached hydrogens (tertiary/aromatic N) is 2. The monoisotopic (exact) mass is 364 g/mol. The van der Waals surface area contributed by atoms with Gasteiger partial charge in [-0.3, -0.25) is 4.79 Å². The highest BCUT2D eigenvalue weighted by atomic mass is 79.9. The van der Waals surface area contributed by atoms with Gasteiger partial charge in [-0.25, -0.2) is 4.98 Å². The molecule has 22 heavy (non-hydrogen) atoms. The van der Waals surface area contributed by atoms with E-state index in [9.17, 15) is 4.79 Å². The lowest BCUT2D eigenvalue weighted by Crippen LogP contribution is -2.30. The highest BCUT2D eigenvalue weighted by Crippen LogP contribution is 2.16. The molecular weight excluding hydrogens is 348 g/mol. The molecule has 0 atom stereocenters. The molecule has 0 saturated heterocycles. The van der Waals surface area contributed by atoms with E-state index in [0.717, 1.165) is 10.2 Å². The lowest BCUT2D eigenvalue weighted by molar-refractivity contribution is 0.0773. The van der Waals surface area contributed by atoms with E-state index in [1.807, 2.05) is 24.3 Å². The van der Waals surface area contributed by atoms with Crippen molar-refractivity contribution in [3.8, 4) is 11.6 Å². The average molecular weight is 365 g/mol. The summed E-state index contributed by atoms with van der Waals surface area (Å²) in [4.78, 5) is 17.8. The minimum absolute atomic E-state index is 0.102. The fraction of sp³-hybridized carbons (Fsp3) is 0.250. The van der Waals surface area contributed by atoms with Crippen LogP contribution in [0.2, 0.25) is 0 Å². The van der Waals surface area contributed by atoms with Crippen LogP contribution in [-0.2, 0) is 0 Å². The van der Waals surface area contributed by atoms with Crippen LogP contribution in [0.15, 0.2) is 47.1 Å². The molecule has 2 rings (SSSR count). The number of methoxy groups -OCH3 is 1. The number of halogens is 1. The molecule has 1 aromatic heterocycles. The lowest BCUT2D eigenvalue weighted by Gasteiger charge is -2.17. The minimum atomic E-state index is -0.102. The lowest BCUT2D eigenvalue weighted by atomic mass is 10.2. The summed E-state index contributed by atoms with van der Waals surface area (Å²) in [6.07, 6.45) is 1.51. The number of hydrogen-bond donors (Lipinski definition) is 0. The summed E-state index contributed by atoms with van der Waals surface area (Å²) in [6.45, 7) is 0.911. The number of carbonyl (C=O) groups excluding carboxylic acids is 1. The van der Waals surface area contributed by atoms with Crippen molar-refractivity contribution in [1.82, 2.24) is 9.88 Å². The highest BCUT2D eigenvalue weighted by molar-refractivity contribution is 9.10. The third kappa shape index (κ3) is 4.46. The Balaban J connectivity index is 1.84. The summed E-state index contributed by atoms with van der Waals surface area (Å²) in [6, 6.07) is 10.9. The SMILES string of the molecule is COc1ccc(C(=O)N(C)CCOc2ccc(Br)cc2)cn1. The highest BCUT2D eigenvalue weighted by Gasteiger charge is 2.12. The minimum Gasteiger partial charge on any atom is -0.492 e. The number of ether oxygens (including phenoxy) is 2. The summed E-state index contributed by atoms with van der Waals surface area (Å²) < 4.78 is 11.6. The van der Waals surface area contributed by atoms with Gasteiger partial charge < -0.3 is 14.4 Å². The van der Waals surface area contributed by atoms with Gasteiger partial charge in [0.25, 0.3) is 5.91 Å². The molecule has 0 radical (unpaired) electrons. The number of rotatable bonds is 6. The molecule has 0 aliphatic heterocycles. The van der Waals surface area contributed by atoms with Crippen LogP contribution in [0, 0.1) is 0 Å². The van der Waals surface area contributed by atoms with E-state index in [1.165, 1.54) is 13.3 Å². The summed E-state index contributed by atoms with van der Waals surface area (Å²) in [5, 5.41) is 0. The zero-order valence-electron chi connectivity index (χ0n) is 12.5. The molecule has 0 aliphatic rings. The average Bonchev–Trinajstić information content (AvgIpc) is 2.56. The van der Waals surface area contributed by atoms with Crippen molar-refractivity contribution in [1.29, 1.82) is 0 Å². The predicted octanol–water partition coefficient (Wildman–Crippen LogP) is 3.00. The number of amides is 1. The fourth-order valence-electron chi connectivity index (χ4n) is 1.78. The molecule has 1 amide bonds. The first-order valence-corrected chi connectivity index (χ1v) is 7.53. The second-order valence-electron chi connectivity index (χ2n) is 4.62. The van der Waals surface area contributed by atoms with Crippen LogP contribution in [0.1, 0.15) is 10.4 Å². The second kappa shape index (κ2) is 7.79. The van der Waals surface area contributed by atoms with Crippen LogP contribution < -0.4 is 9.47 Å². The molecule has 0 aliphatic carbocycles. The van der Waals surface area contributed by atoms with Gasteiger partial charge in [0.15, 0.2) is 0 Å². The summed E-state index contributed by atoms with van der Waals surface area (Å²) >= 11 is 3.37. The molecule has 6 heteroatoms. The molecular formula is C16H17BrN2O3. The van der Waals surface area contributed by atoms with Crippen LogP contribution in [0.25, 0.3) is 0 Å². The number of carbonyl (C=O) groups is 1. The van der Waals surface area contributed by atoms with Gasteiger partial charge in [-0.15, -0.1) is 0 Å². The molecule has 0 N–H and O–H groups in total. The Labute approximate surface area is 138 Å². The zero-order valence-corrected chi connectivity index (χ0v) is 14.0. The Morgan fingerprint density at radius 3 is 2.55 bits per heavy atom. The van der Waals surface area contributed by atoms with E-state index in [1.54, 1.807) is 24.1 Å². The van der Waals surface area contributed by atoms with E-state index in [0.29, 0.717) is 24.6 Å². The van der Waals surface area contributed by atoms with Gasteiger partial charge in [0, 0.05) is 23.8 Å². The quantitative estimate of drug-likeness (QED) is 0.790. The molecule has 0 fully saturated rings. The Morgan fingerprint density at radius 1 is 1.23 bits per heavy atom. The van der Waals surface area contributed by atoms with E-state index >= 15 is 0 Å². The smallest absolute Gasteiger partial charge is 0.255 e. The van der Waals surface area contributed by atoms with Gasteiger partial charge in [0.05, 0.1) is 19.2 Å². The van der Waals surface area contributed by atoms with Crippen LogP contribution in [0.3, 0.4) is 0 Å². The van der Waals surface area contributed by atoms with E-state index in [4.69, 9.17) is 9.47 Å². The Bertz CT molecular complexity index is 614. The molecule has 2 aromatic rings. The van der Waals surface area contributed by atoms with E-state index in [-0.39, 0.29) is 5.91 Å². The third-order valence-corrected chi connectivity index (χ3v) is 3.58. The normalized spacial score (nSPS) is 10.1. The van der Waals surface area contributed by atoms with Crippen molar-refractivity contribution in [2.75, 3.05) is 27.3 Å². The van der Waals surface area contributed by atoms with Crippen LogP contribution in [-0.4, -0.2) is 43.1 Å². The summed E-state index contributed by atoms with van der Waals surface area (Å²) in [7, 11) is 3.27. The maximum Gasteiger partial charge on any atom is 0.255 e. The van der Waals surface area contributed by atoms with E-state index in [2.05, 4.69) is 20.9 Å². The number of benzene rings is 1. The Morgan fingerprint density at radius 2 is 1.95 bits per heavy atom. The van der Waals surface area contributed by atoms with Gasteiger partial charge >= 0.3 is 0 Å². The Hall–Kier alpha value is -2.08. The van der Waals surface area contributed by atoms with Crippen molar-refractivity contribution in [2.24, 2.45) is 0 Å². The maximum atomic E-state index is 12.2. The van der Waals surface area contributed by atoms with Gasteiger partial charge in [-0.05, 0) is 30.3 Å². The number of likely N-dealkylation sites (N-methyl/N-ethyl adjacent to an activating group) is 1. The predicted molar refractivity (Wildman–Crippen MR) is 87.4 cm³/mol. The number of pyridine rings is 1. The molecule has 0 bridgehead atoms. The van der Waals surface area contributed by atoms with Gasteiger partial charge in [-0.2, -0.15) is 0 Å². The topological polar surface area (TPSA) is 51.7 Å². The van der Waals surface area contributed by atoms with Gasteiger partial charge in [0.1, 0.15) is 12.4 Å². The van der Waals surface area contributed by atoms with Crippen molar-refractivity contribution in [3.05, 3.63) is 52.6 Å². The molecule has 0 spiro atoms. The van der Waals surface area contributed by atoms with Crippen molar-refractivity contribution < 1.29 is 14.3 Å². The summed E-state index contributed by atoms with van der Waals surface area (Å²) in [5.74, 6) is 1.16. The fourth-order valence-corrected chi connectivity index (χ4v) is 2.05. The molecule has 0 unspecified atom stereocenters. The first-order valence-electron chi connectivity index (χ1n) is 6.74. The number of hydrogen-bond acceptors (Lipinski definition) is 4. The first-order chi connectivity index (χ1) is 10.6. The molecule has 0 saturated carbocycles. The molecule has 116 valence electrons. The van der Waals surface area contributed by atoms with Crippen molar-refractivity contribution in [3.63, 3.8) is 0 Å². The van der Waals surface area contributed by atoms with Gasteiger partial charge in [0.2, 0.25) is 5.88 Å². The van der Waals surface area contributed by atoms with Crippen molar-refractivity contribution in [2.45, 2.75) is 0 Å². The van der Waals surface area contributed by atoms with E-state index < -0.39 is 0 Å². The summed E-state index contributed by atoms with van der Waals surface area (Å²) in [5.41, 5.74) is 0.520. The van der Waals surface area contributed by atoms with Crippen LogP contribution >= 0.6 is 15.9 Å². The van der Waals surface area contributed by atoms with Crippen LogP contribution in [0.4, 0.5) is 0 Å². The molecule has 5 nitrogen and oxygen atoms in total.